The average Bonchev–Trinajstić information content (AvgIpc) is 3.05. The quantitative estimate of drug-likeness (QED) is 0.487. The van der Waals surface area contributed by atoms with Gasteiger partial charge in [-0.1, -0.05) is 23.2 Å². The second kappa shape index (κ2) is 7.42. The summed E-state index contributed by atoms with van der Waals surface area (Å²) in [5, 5.41) is 6.73. The molecule has 128 valence electrons. The first kappa shape index (κ1) is 17.1. The third-order valence-electron chi connectivity index (χ3n) is 3.16. The zero-order chi connectivity index (χ0) is 17.8. The van der Waals surface area contributed by atoms with Crippen molar-refractivity contribution in [3.8, 4) is 11.5 Å². The summed E-state index contributed by atoms with van der Waals surface area (Å²) in [4.78, 5) is 23.5. The number of nitrogens with one attached hydrogen (secondary N) is 2. The Morgan fingerprint density at radius 2 is 1.80 bits per heavy atom. The molecule has 3 rings (SSSR count). The molecule has 1 aliphatic rings. The molecule has 9 heteroatoms. The Bertz CT molecular complexity index is 870. The Balaban J connectivity index is 1.56. The van der Waals surface area contributed by atoms with Crippen LogP contribution >= 0.6 is 23.2 Å². The Labute approximate surface area is 152 Å². The van der Waals surface area contributed by atoms with Gasteiger partial charge in [0.15, 0.2) is 11.5 Å². The first-order chi connectivity index (χ1) is 12.0. The molecule has 1 aliphatic heterocycles. The number of carbonyl (C=O) groups is 2. The van der Waals surface area contributed by atoms with Crippen LogP contribution in [0.1, 0.15) is 5.56 Å². The van der Waals surface area contributed by atoms with Crippen LogP contribution in [-0.2, 0) is 9.59 Å². The molecule has 7 nitrogen and oxygen atoms in total. The van der Waals surface area contributed by atoms with Gasteiger partial charge in [0.2, 0.25) is 6.79 Å². The number of anilines is 1. The number of amides is 2. The largest absolute Gasteiger partial charge is 0.454 e. The van der Waals surface area contributed by atoms with Gasteiger partial charge in [-0.2, -0.15) is 5.10 Å². The molecule has 2 N–H and O–H groups in total. The summed E-state index contributed by atoms with van der Waals surface area (Å²) >= 11 is 11.6. The smallest absolute Gasteiger partial charge is 0.329 e. The van der Waals surface area contributed by atoms with Crippen molar-refractivity contribution in [2.24, 2.45) is 5.10 Å². The molecular formula is C16H11Cl2N3O4. The van der Waals surface area contributed by atoms with Crippen LogP contribution in [0.3, 0.4) is 0 Å². The van der Waals surface area contributed by atoms with Gasteiger partial charge in [-0.05, 0) is 42.0 Å². The van der Waals surface area contributed by atoms with Crippen molar-refractivity contribution in [1.29, 1.82) is 0 Å². The number of halogens is 2. The number of rotatable bonds is 3. The Morgan fingerprint density at radius 1 is 1.00 bits per heavy atom. The summed E-state index contributed by atoms with van der Waals surface area (Å²) < 4.78 is 10.4. The number of carbonyl (C=O) groups excluding carboxylic acids is 2. The van der Waals surface area contributed by atoms with Gasteiger partial charge in [0.05, 0.1) is 16.3 Å². The molecule has 1 heterocycles. The lowest BCUT2D eigenvalue weighted by atomic mass is 10.2. The summed E-state index contributed by atoms with van der Waals surface area (Å²) in [6.07, 6.45) is 1.38. The molecule has 0 radical (unpaired) electrons. The van der Waals surface area contributed by atoms with Crippen molar-refractivity contribution < 1.29 is 19.1 Å². The molecule has 0 saturated heterocycles. The lowest BCUT2D eigenvalue weighted by Gasteiger charge is -2.05. The molecule has 0 spiro atoms. The van der Waals surface area contributed by atoms with E-state index in [-0.39, 0.29) is 11.8 Å². The fourth-order valence-corrected chi connectivity index (χ4v) is 2.27. The molecule has 0 saturated carbocycles. The zero-order valence-electron chi connectivity index (χ0n) is 12.6. The monoisotopic (exact) mass is 379 g/mol. The molecule has 25 heavy (non-hydrogen) atoms. The van der Waals surface area contributed by atoms with E-state index >= 15 is 0 Å². The SMILES string of the molecule is O=C(NN=Cc1ccc2c(c1)OCO2)C(=O)Nc1ccc(Cl)c(Cl)c1. The van der Waals surface area contributed by atoms with Crippen LogP contribution in [0.5, 0.6) is 11.5 Å². The predicted octanol–water partition coefficient (Wildman–Crippen LogP) is 2.81. The summed E-state index contributed by atoms with van der Waals surface area (Å²) in [6.45, 7) is 0.168. The van der Waals surface area contributed by atoms with Gasteiger partial charge in [-0.25, -0.2) is 5.43 Å². The van der Waals surface area contributed by atoms with E-state index in [2.05, 4.69) is 15.8 Å². The lowest BCUT2D eigenvalue weighted by Crippen LogP contribution is -2.32. The average molecular weight is 380 g/mol. The summed E-state index contributed by atoms with van der Waals surface area (Å²) in [6, 6.07) is 9.63. The molecule has 0 unspecified atom stereocenters. The number of nitrogens with zero attached hydrogens (tertiary/aromatic N) is 1. The highest BCUT2D eigenvalue weighted by atomic mass is 35.5. The minimum atomic E-state index is -0.928. The van der Waals surface area contributed by atoms with Gasteiger partial charge in [-0.15, -0.1) is 0 Å². The highest BCUT2D eigenvalue weighted by molar-refractivity contribution is 6.42. The highest BCUT2D eigenvalue weighted by Gasteiger charge is 2.14. The van der Waals surface area contributed by atoms with Crippen molar-refractivity contribution in [3.05, 3.63) is 52.0 Å². The number of benzene rings is 2. The molecule has 0 aliphatic carbocycles. The van der Waals surface area contributed by atoms with Gasteiger partial charge in [0.25, 0.3) is 0 Å². The van der Waals surface area contributed by atoms with Gasteiger partial charge < -0.3 is 14.8 Å². The number of fused-ring (bicyclic) bond motifs is 1. The Kier molecular flexibility index (Phi) is 5.06. The molecule has 0 atom stereocenters. The van der Waals surface area contributed by atoms with Crippen molar-refractivity contribution in [3.63, 3.8) is 0 Å². The van der Waals surface area contributed by atoms with E-state index in [4.69, 9.17) is 32.7 Å². The first-order valence-electron chi connectivity index (χ1n) is 7.02. The number of hydrogen-bond acceptors (Lipinski definition) is 5. The van der Waals surface area contributed by atoms with Crippen LogP contribution in [-0.4, -0.2) is 24.8 Å². The van der Waals surface area contributed by atoms with Gasteiger partial charge >= 0.3 is 11.8 Å². The second-order valence-corrected chi connectivity index (χ2v) is 5.71. The van der Waals surface area contributed by atoms with E-state index < -0.39 is 11.8 Å². The standard InChI is InChI=1S/C16H11Cl2N3O4/c17-11-3-2-10(6-12(11)18)20-15(22)16(23)21-19-7-9-1-4-13-14(5-9)25-8-24-13/h1-7H,8H2,(H,20,22)(H,21,23). The molecule has 0 aromatic heterocycles. The van der Waals surface area contributed by atoms with E-state index in [0.29, 0.717) is 27.8 Å². The maximum atomic E-state index is 11.8. The highest BCUT2D eigenvalue weighted by Crippen LogP contribution is 2.32. The molecule has 2 amide bonds. The van der Waals surface area contributed by atoms with Crippen molar-refractivity contribution >= 4 is 46.9 Å². The fourth-order valence-electron chi connectivity index (χ4n) is 1.97. The lowest BCUT2D eigenvalue weighted by molar-refractivity contribution is -0.136. The molecule has 2 aromatic rings. The topological polar surface area (TPSA) is 89.0 Å². The van der Waals surface area contributed by atoms with E-state index in [1.165, 1.54) is 24.4 Å². The molecular weight excluding hydrogens is 369 g/mol. The minimum absolute atomic E-state index is 0.168. The van der Waals surface area contributed by atoms with Crippen molar-refractivity contribution in [2.45, 2.75) is 0 Å². The van der Waals surface area contributed by atoms with Crippen LogP contribution in [0.25, 0.3) is 0 Å². The van der Waals surface area contributed by atoms with Crippen molar-refractivity contribution in [2.75, 3.05) is 12.1 Å². The maximum absolute atomic E-state index is 11.8. The number of ether oxygens (including phenoxy) is 2. The maximum Gasteiger partial charge on any atom is 0.329 e. The number of hydrogen-bond donors (Lipinski definition) is 2. The summed E-state index contributed by atoms with van der Waals surface area (Å²) in [5.41, 5.74) is 3.15. The predicted molar refractivity (Wildman–Crippen MR) is 93.4 cm³/mol. The molecule has 0 fully saturated rings. The Morgan fingerprint density at radius 3 is 2.60 bits per heavy atom. The first-order valence-corrected chi connectivity index (χ1v) is 7.77. The van der Waals surface area contributed by atoms with E-state index in [1.807, 2.05) is 0 Å². The van der Waals surface area contributed by atoms with Crippen LogP contribution in [0.4, 0.5) is 5.69 Å². The Hall–Kier alpha value is -2.77. The molecule has 0 bridgehead atoms. The van der Waals surface area contributed by atoms with E-state index in [1.54, 1.807) is 18.2 Å². The second-order valence-electron chi connectivity index (χ2n) is 4.89. The summed E-state index contributed by atoms with van der Waals surface area (Å²) in [7, 11) is 0. The number of hydrazone groups is 1. The van der Waals surface area contributed by atoms with Crippen LogP contribution in [0, 0.1) is 0 Å². The normalized spacial score (nSPS) is 12.2. The van der Waals surface area contributed by atoms with E-state index in [9.17, 15) is 9.59 Å². The van der Waals surface area contributed by atoms with Gasteiger partial charge in [0, 0.05) is 5.69 Å². The van der Waals surface area contributed by atoms with Crippen LogP contribution in [0.2, 0.25) is 10.0 Å². The zero-order valence-corrected chi connectivity index (χ0v) is 14.1. The minimum Gasteiger partial charge on any atom is -0.454 e. The third kappa shape index (κ3) is 4.20. The van der Waals surface area contributed by atoms with E-state index in [0.717, 1.165) is 0 Å². The third-order valence-corrected chi connectivity index (χ3v) is 3.90. The fraction of sp³-hybridized carbons (Fsp3) is 0.0625. The summed E-state index contributed by atoms with van der Waals surface area (Å²) in [5.74, 6) is -0.584. The van der Waals surface area contributed by atoms with Crippen molar-refractivity contribution in [1.82, 2.24) is 5.43 Å². The van der Waals surface area contributed by atoms with Gasteiger partial charge in [-0.3, -0.25) is 9.59 Å². The van der Waals surface area contributed by atoms with Crippen LogP contribution in [0.15, 0.2) is 41.5 Å². The van der Waals surface area contributed by atoms with Gasteiger partial charge in [0.1, 0.15) is 0 Å². The molecule has 2 aromatic carbocycles. The van der Waals surface area contributed by atoms with Crippen LogP contribution < -0.4 is 20.2 Å².